The molecule has 0 unspecified atom stereocenters. The molecule has 1 aromatic carbocycles. The minimum atomic E-state index is -1.14. The van der Waals surface area contributed by atoms with Crippen molar-refractivity contribution in [3.63, 3.8) is 0 Å². The number of urea groups is 1. The van der Waals surface area contributed by atoms with Crippen molar-refractivity contribution in [2.45, 2.75) is 31.7 Å². The van der Waals surface area contributed by atoms with Gasteiger partial charge in [0.2, 0.25) is 0 Å². The zero-order valence-corrected chi connectivity index (χ0v) is 11.8. The molecule has 2 rings (SSSR count). The number of hydrogen-bond donors (Lipinski definition) is 3. The van der Waals surface area contributed by atoms with E-state index in [4.69, 9.17) is 10.2 Å². The van der Waals surface area contributed by atoms with Crippen LogP contribution in [0.4, 0.5) is 10.5 Å². The number of anilines is 1. The average molecular weight is 292 g/mol. The Morgan fingerprint density at radius 3 is 2.76 bits per heavy atom. The van der Waals surface area contributed by atoms with Crippen molar-refractivity contribution in [3.05, 3.63) is 29.8 Å². The Balaban J connectivity index is 2.16. The third-order valence-corrected chi connectivity index (χ3v) is 3.62. The summed E-state index contributed by atoms with van der Waals surface area (Å²) in [5, 5.41) is 20.4. The lowest BCUT2D eigenvalue weighted by Gasteiger charge is -2.25. The summed E-state index contributed by atoms with van der Waals surface area (Å²) in [5.74, 6) is -1.14. The van der Waals surface area contributed by atoms with Crippen LogP contribution in [0.25, 0.3) is 0 Å². The quantitative estimate of drug-likeness (QED) is 0.782. The van der Waals surface area contributed by atoms with E-state index in [1.54, 1.807) is 4.90 Å². The van der Waals surface area contributed by atoms with Gasteiger partial charge in [-0.2, -0.15) is 0 Å². The molecule has 1 heterocycles. The first-order chi connectivity index (χ1) is 10.1. The summed E-state index contributed by atoms with van der Waals surface area (Å²) in [4.78, 5) is 25.0. The molecule has 1 aliphatic rings. The number of fused-ring (bicyclic) bond motifs is 1. The first-order valence-corrected chi connectivity index (χ1v) is 7.13. The molecule has 0 saturated carbocycles. The number of aryl methyl sites for hydroxylation is 1. The molecule has 0 aromatic heterocycles. The number of benzene rings is 1. The third-order valence-electron chi connectivity index (χ3n) is 3.62. The molecule has 3 N–H and O–H groups in total. The minimum absolute atomic E-state index is 0.00341. The van der Waals surface area contributed by atoms with Gasteiger partial charge in [-0.3, -0.25) is 4.90 Å². The SMILES string of the molecule is O=C(O)[C@H](CCO)NC(=O)N1CCCCc2ccccc21. The van der Waals surface area contributed by atoms with Gasteiger partial charge in [-0.15, -0.1) is 0 Å². The van der Waals surface area contributed by atoms with Crippen molar-refractivity contribution in [1.82, 2.24) is 5.32 Å². The predicted molar refractivity (Wildman–Crippen MR) is 78.4 cm³/mol. The first-order valence-electron chi connectivity index (χ1n) is 7.13. The van der Waals surface area contributed by atoms with Gasteiger partial charge in [0, 0.05) is 25.3 Å². The van der Waals surface area contributed by atoms with Crippen LogP contribution in [0.2, 0.25) is 0 Å². The Hall–Kier alpha value is -2.08. The van der Waals surface area contributed by atoms with E-state index in [2.05, 4.69) is 5.32 Å². The Labute approximate surface area is 123 Å². The van der Waals surface area contributed by atoms with E-state index in [0.29, 0.717) is 6.54 Å². The molecular formula is C15H20N2O4. The van der Waals surface area contributed by atoms with Crippen LogP contribution in [0.15, 0.2) is 24.3 Å². The number of aliphatic hydroxyl groups excluding tert-OH is 1. The summed E-state index contributed by atoms with van der Waals surface area (Å²) < 4.78 is 0. The number of nitrogens with one attached hydrogen (secondary N) is 1. The highest BCUT2D eigenvalue weighted by atomic mass is 16.4. The lowest BCUT2D eigenvalue weighted by molar-refractivity contribution is -0.139. The highest BCUT2D eigenvalue weighted by Crippen LogP contribution is 2.26. The minimum Gasteiger partial charge on any atom is -0.480 e. The predicted octanol–water partition coefficient (Wildman–Crippen LogP) is 1.37. The zero-order chi connectivity index (χ0) is 15.2. The van der Waals surface area contributed by atoms with E-state index in [9.17, 15) is 9.59 Å². The molecule has 0 bridgehead atoms. The second-order valence-corrected chi connectivity index (χ2v) is 5.09. The van der Waals surface area contributed by atoms with Crippen molar-refractivity contribution < 1.29 is 19.8 Å². The van der Waals surface area contributed by atoms with E-state index >= 15 is 0 Å². The number of carbonyl (C=O) groups excluding carboxylic acids is 1. The summed E-state index contributed by atoms with van der Waals surface area (Å²) in [6.07, 6.45) is 2.79. The smallest absolute Gasteiger partial charge is 0.326 e. The maximum atomic E-state index is 12.4. The molecule has 6 nitrogen and oxygen atoms in total. The van der Waals surface area contributed by atoms with Crippen LogP contribution in [0.1, 0.15) is 24.8 Å². The molecular weight excluding hydrogens is 272 g/mol. The summed E-state index contributed by atoms with van der Waals surface area (Å²) in [6, 6.07) is 6.17. The molecule has 1 aromatic rings. The number of carboxylic acid groups (broad SMARTS) is 1. The van der Waals surface area contributed by atoms with Gasteiger partial charge in [-0.05, 0) is 30.9 Å². The Kier molecular flexibility index (Phi) is 5.16. The lowest BCUT2D eigenvalue weighted by Crippen LogP contribution is -2.48. The van der Waals surface area contributed by atoms with Gasteiger partial charge in [-0.25, -0.2) is 9.59 Å². The molecule has 0 radical (unpaired) electrons. The Bertz CT molecular complexity index is 518. The number of rotatable bonds is 4. The van der Waals surface area contributed by atoms with Crippen LogP contribution >= 0.6 is 0 Å². The molecule has 1 aliphatic heterocycles. The third kappa shape index (κ3) is 3.72. The van der Waals surface area contributed by atoms with Crippen LogP contribution in [0.5, 0.6) is 0 Å². The van der Waals surface area contributed by atoms with Crippen LogP contribution < -0.4 is 10.2 Å². The van der Waals surface area contributed by atoms with Gasteiger partial charge in [0.05, 0.1) is 0 Å². The van der Waals surface area contributed by atoms with Crippen LogP contribution in [0, 0.1) is 0 Å². The van der Waals surface area contributed by atoms with Crippen LogP contribution in [0.3, 0.4) is 0 Å². The van der Waals surface area contributed by atoms with Gasteiger partial charge in [0.25, 0.3) is 0 Å². The largest absolute Gasteiger partial charge is 0.480 e. The fraction of sp³-hybridized carbons (Fsp3) is 0.467. The van der Waals surface area contributed by atoms with Gasteiger partial charge in [0.15, 0.2) is 0 Å². The fourth-order valence-corrected chi connectivity index (χ4v) is 2.52. The number of hydrogen-bond acceptors (Lipinski definition) is 3. The first kappa shape index (κ1) is 15.3. The van der Waals surface area contributed by atoms with Crippen molar-refractivity contribution in [2.24, 2.45) is 0 Å². The van der Waals surface area contributed by atoms with Crippen molar-refractivity contribution in [1.29, 1.82) is 0 Å². The fourth-order valence-electron chi connectivity index (χ4n) is 2.52. The van der Waals surface area contributed by atoms with Crippen molar-refractivity contribution in [3.8, 4) is 0 Å². The highest BCUT2D eigenvalue weighted by molar-refractivity contribution is 5.95. The molecule has 2 amide bonds. The number of nitrogens with zero attached hydrogens (tertiary/aromatic N) is 1. The van der Waals surface area contributed by atoms with Crippen molar-refractivity contribution in [2.75, 3.05) is 18.1 Å². The van der Waals surface area contributed by atoms with Gasteiger partial charge >= 0.3 is 12.0 Å². The summed E-state index contributed by atoms with van der Waals surface area (Å²) in [5.41, 5.74) is 1.93. The molecule has 0 fully saturated rings. The monoisotopic (exact) mass is 292 g/mol. The second kappa shape index (κ2) is 7.08. The molecule has 0 aliphatic carbocycles. The van der Waals surface area contributed by atoms with Crippen molar-refractivity contribution >= 4 is 17.7 Å². The number of carbonyl (C=O) groups is 2. The topological polar surface area (TPSA) is 89.9 Å². The number of aliphatic carboxylic acids is 1. The van der Waals surface area contributed by atoms with Gasteiger partial charge in [-0.1, -0.05) is 18.2 Å². The summed E-state index contributed by atoms with van der Waals surface area (Å²) in [6.45, 7) is 0.280. The van der Waals surface area contributed by atoms with E-state index in [-0.39, 0.29) is 13.0 Å². The maximum absolute atomic E-state index is 12.4. The molecule has 6 heteroatoms. The number of carboxylic acids is 1. The normalized spacial score (nSPS) is 15.8. The number of amides is 2. The van der Waals surface area contributed by atoms with Crippen LogP contribution in [-0.2, 0) is 11.2 Å². The van der Waals surface area contributed by atoms with Gasteiger partial charge < -0.3 is 15.5 Å². The molecule has 0 spiro atoms. The maximum Gasteiger partial charge on any atom is 0.326 e. The van der Waals surface area contributed by atoms with E-state index < -0.39 is 18.0 Å². The summed E-state index contributed by atoms with van der Waals surface area (Å²) >= 11 is 0. The Morgan fingerprint density at radius 2 is 2.05 bits per heavy atom. The van der Waals surface area contributed by atoms with E-state index in [1.165, 1.54) is 0 Å². The summed E-state index contributed by atoms with van der Waals surface area (Å²) in [7, 11) is 0. The number of aliphatic hydroxyl groups is 1. The number of para-hydroxylation sites is 1. The highest BCUT2D eigenvalue weighted by Gasteiger charge is 2.25. The molecule has 114 valence electrons. The van der Waals surface area contributed by atoms with E-state index in [1.807, 2.05) is 24.3 Å². The van der Waals surface area contributed by atoms with E-state index in [0.717, 1.165) is 30.5 Å². The van der Waals surface area contributed by atoms with Gasteiger partial charge in [0.1, 0.15) is 6.04 Å². The van der Waals surface area contributed by atoms with Crippen LogP contribution in [-0.4, -0.2) is 41.4 Å². The molecule has 0 saturated heterocycles. The average Bonchev–Trinajstić information content (AvgIpc) is 2.69. The zero-order valence-electron chi connectivity index (χ0n) is 11.8. The lowest BCUT2D eigenvalue weighted by atomic mass is 10.1. The standard InChI is InChI=1S/C15H20N2O4/c18-10-8-12(14(19)20)16-15(21)17-9-4-3-6-11-5-1-2-7-13(11)17/h1-2,5,7,12,18H,3-4,6,8-10H2,(H,16,21)(H,19,20)/t12-/m0/s1. The molecule has 1 atom stereocenters. The second-order valence-electron chi connectivity index (χ2n) is 5.09. The Morgan fingerprint density at radius 1 is 1.29 bits per heavy atom. The molecule has 21 heavy (non-hydrogen) atoms.